The smallest absolute Gasteiger partial charge is 0.156 e. The Hall–Kier alpha value is -0.520. The molecule has 1 aromatic carbocycles. The van der Waals surface area contributed by atoms with Gasteiger partial charge in [0, 0.05) is 0 Å². The predicted octanol–water partition coefficient (Wildman–Crippen LogP) is 0.773. The molecule has 0 radical (unpaired) electrons. The highest BCUT2D eigenvalue weighted by molar-refractivity contribution is 6.37. The summed E-state index contributed by atoms with van der Waals surface area (Å²) >= 11 is 12.0. The van der Waals surface area contributed by atoms with Crippen molar-refractivity contribution in [1.82, 2.24) is 0 Å². The van der Waals surface area contributed by atoms with Gasteiger partial charge in [0.05, 0.1) is 16.6 Å². The number of rotatable bonds is 5. The largest absolute Gasteiger partial charge is 0.488 e. The summed E-state index contributed by atoms with van der Waals surface area (Å²) in [5.74, 6) is 0.406. The van der Waals surface area contributed by atoms with Gasteiger partial charge >= 0.3 is 0 Å². The quantitative estimate of drug-likeness (QED) is 0.751. The van der Waals surface area contributed by atoms with E-state index in [4.69, 9.17) is 27.9 Å². The third kappa shape index (κ3) is 4.50. The van der Waals surface area contributed by atoms with Gasteiger partial charge in [0.1, 0.15) is 31.9 Å². The number of piperidine rings is 1. The van der Waals surface area contributed by atoms with Gasteiger partial charge in [-0.2, -0.15) is 0 Å². The van der Waals surface area contributed by atoms with Gasteiger partial charge in [-0.05, 0) is 25.0 Å². The van der Waals surface area contributed by atoms with Crippen LogP contribution in [0.25, 0.3) is 0 Å². The molecule has 2 rings (SSSR count). The van der Waals surface area contributed by atoms with Crippen molar-refractivity contribution < 1.29 is 19.8 Å². The second-order valence-electron chi connectivity index (χ2n) is 5.22. The molecule has 0 amide bonds. The molecule has 1 aliphatic heterocycles. The van der Waals surface area contributed by atoms with Gasteiger partial charge in [0.25, 0.3) is 0 Å². The molecule has 0 bridgehead atoms. The highest BCUT2D eigenvalue weighted by Gasteiger charge is 2.23. The molecule has 1 saturated heterocycles. The molecule has 0 saturated carbocycles. The number of hydrogen-bond acceptors (Lipinski definition) is 3. The maximum atomic E-state index is 10.0. The summed E-state index contributed by atoms with van der Waals surface area (Å²) in [6.45, 7) is 2.35. The minimum absolute atomic E-state index is 0.142. The number of benzene rings is 1. The zero-order valence-corrected chi connectivity index (χ0v) is 12.7. The summed E-state index contributed by atoms with van der Waals surface area (Å²) in [4.78, 5) is 1.20. The first-order valence-corrected chi connectivity index (χ1v) is 7.58. The Morgan fingerprint density at radius 1 is 1.35 bits per heavy atom. The summed E-state index contributed by atoms with van der Waals surface area (Å²) in [5.41, 5.74) is 0. The van der Waals surface area contributed by atoms with Crippen molar-refractivity contribution in [3.63, 3.8) is 0 Å². The molecule has 0 aromatic heterocycles. The topological polar surface area (TPSA) is 54.1 Å². The fourth-order valence-electron chi connectivity index (χ4n) is 2.50. The SMILES string of the molecule is O[C@H]1CCC[NH+](C[C@@H](O)COc2c(Cl)cccc2Cl)C1. The van der Waals surface area contributed by atoms with E-state index >= 15 is 0 Å². The van der Waals surface area contributed by atoms with E-state index in [1.165, 1.54) is 4.90 Å². The molecule has 1 aromatic rings. The zero-order valence-electron chi connectivity index (χ0n) is 11.2. The number of para-hydroxylation sites is 1. The standard InChI is InChI=1S/C14H19Cl2NO3/c15-12-4-1-5-13(16)14(12)20-9-11(19)8-17-6-2-3-10(18)7-17/h1,4-5,10-11,18-19H,2-3,6-9H2/p+1/t10-,11+/m0/s1. The Bertz CT molecular complexity index is 424. The van der Waals surface area contributed by atoms with E-state index in [1.54, 1.807) is 18.2 Å². The zero-order chi connectivity index (χ0) is 14.5. The van der Waals surface area contributed by atoms with Crippen molar-refractivity contribution in [2.45, 2.75) is 25.0 Å². The Balaban J connectivity index is 1.81. The first kappa shape index (κ1) is 15.9. The molecule has 0 aliphatic carbocycles. The van der Waals surface area contributed by atoms with Crippen LogP contribution < -0.4 is 9.64 Å². The molecule has 4 nitrogen and oxygen atoms in total. The van der Waals surface area contributed by atoms with Crippen LogP contribution in [0.2, 0.25) is 10.0 Å². The Morgan fingerprint density at radius 2 is 2.05 bits per heavy atom. The highest BCUT2D eigenvalue weighted by Crippen LogP contribution is 2.32. The molecule has 1 aliphatic rings. The third-order valence-electron chi connectivity index (χ3n) is 3.46. The lowest BCUT2D eigenvalue weighted by atomic mass is 10.1. The van der Waals surface area contributed by atoms with Crippen LogP contribution in [-0.4, -0.2) is 48.7 Å². The van der Waals surface area contributed by atoms with Gasteiger partial charge in [0.15, 0.2) is 5.75 Å². The molecule has 112 valence electrons. The number of halogens is 2. The number of nitrogens with one attached hydrogen (secondary N) is 1. The summed E-state index contributed by atoms with van der Waals surface area (Å²) in [6, 6.07) is 5.13. The van der Waals surface area contributed by atoms with E-state index in [1.807, 2.05) is 0 Å². The van der Waals surface area contributed by atoms with Gasteiger partial charge < -0.3 is 19.8 Å². The second kappa shape index (κ2) is 7.48. The van der Waals surface area contributed by atoms with Crippen molar-refractivity contribution in [1.29, 1.82) is 0 Å². The predicted molar refractivity (Wildman–Crippen MR) is 78.8 cm³/mol. The van der Waals surface area contributed by atoms with Crippen LogP contribution in [0.15, 0.2) is 18.2 Å². The molecule has 20 heavy (non-hydrogen) atoms. The number of aliphatic hydroxyl groups excluding tert-OH is 2. The normalized spacial score (nSPS) is 24.4. The maximum Gasteiger partial charge on any atom is 0.156 e. The minimum atomic E-state index is -0.609. The van der Waals surface area contributed by atoms with Crippen molar-refractivity contribution in [3.8, 4) is 5.75 Å². The summed E-state index contributed by atoms with van der Waals surface area (Å²) < 4.78 is 5.51. The van der Waals surface area contributed by atoms with E-state index < -0.39 is 6.10 Å². The van der Waals surface area contributed by atoms with E-state index in [0.29, 0.717) is 28.9 Å². The molecule has 0 spiro atoms. The number of ether oxygens (including phenoxy) is 1. The van der Waals surface area contributed by atoms with E-state index in [2.05, 4.69) is 0 Å². The van der Waals surface area contributed by atoms with Crippen LogP contribution in [0, 0.1) is 0 Å². The van der Waals surface area contributed by atoms with Crippen molar-refractivity contribution in [3.05, 3.63) is 28.2 Å². The van der Waals surface area contributed by atoms with Crippen LogP contribution in [0.5, 0.6) is 5.75 Å². The number of aliphatic hydroxyl groups is 2. The van der Waals surface area contributed by atoms with Gasteiger partial charge in [-0.25, -0.2) is 0 Å². The average Bonchev–Trinajstić information content (AvgIpc) is 2.38. The average molecular weight is 321 g/mol. The van der Waals surface area contributed by atoms with Crippen LogP contribution >= 0.6 is 23.2 Å². The molecule has 3 N–H and O–H groups in total. The van der Waals surface area contributed by atoms with Crippen LogP contribution in [0.4, 0.5) is 0 Å². The lowest BCUT2D eigenvalue weighted by Crippen LogP contribution is -3.15. The molecule has 3 atom stereocenters. The molecule has 1 fully saturated rings. The fourth-order valence-corrected chi connectivity index (χ4v) is 3.01. The molecular weight excluding hydrogens is 301 g/mol. The van der Waals surface area contributed by atoms with E-state index in [9.17, 15) is 10.2 Å². The van der Waals surface area contributed by atoms with Gasteiger partial charge in [0.2, 0.25) is 0 Å². The van der Waals surface area contributed by atoms with E-state index in [0.717, 1.165) is 19.4 Å². The first-order chi connectivity index (χ1) is 9.56. The Kier molecular flexibility index (Phi) is 5.93. The van der Waals surface area contributed by atoms with Crippen molar-refractivity contribution >= 4 is 23.2 Å². The van der Waals surface area contributed by atoms with Crippen molar-refractivity contribution in [2.24, 2.45) is 0 Å². The van der Waals surface area contributed by atoms with Gasteiger partial charge in [-0.3, -0.25) is 0 Å². The fraction of sp³-hybridized carbons (Fsp3) is 0.571. The minimum Gasteiger partial charge on any atom is -0.488 e. The lowest BCUT2D eigenvalue weighted by Gasteiger charge is -2.28. The van der Waals surface area contributed by atoms with Gasteiger partial charge in [-0.15, -0.1) is 0 Å². The van der Waals surface area contributed by atoms with Gasteiger partial charge in [-0.1, -0.05) is 29.3 Å². The Labute approximate surface area is 128 Å². The summed E-state index contributed by atoms with van der Waals surface area (Å²) in [6.07, 6.45) is 0.971. The second-order valence-corrected chi connectivity index (χ2v) is 6.03. The molecule has 1 unspecified atom stereocenters. The van der Waals surface area contributed by atoms with E-state index in [-0.39, 0.29) is 12.7 Å². The first-order valence-electron chi connectivity index (χ1n) is 6.82. The van der Waals surface area contributed by atoms with Crippen LogP contribution in [0.1, 0.15) is 12.8 Å². The lowest BCUT2D eigenvalue weighted by molar-refractivity contribution is -0.911. The number of likely N-dealkylation sites (tertiary alicyclic amines) is 1. The summed E-state index contributed by atoms with van der Waals surface area (Å²) in [7, 11) is 0. The number of hydrogen-bond donors (Lipinski definition) is 3. The van der Waals surface area contributed by atoms with Crippen LogP contribution in [-0.2, 0) is 0 Å². The monoisotopic (exact) mass is 320 g/mol. The maximum absolute atomic E-state index is 10.0. The third-order valence-corrected chi connectivity index (χ3v) is 4.05. The summed E-state index contributed by atoms with van der Waals surface area (Å²) in [5, 5.41) is 20.5. The molecule has 6 heteroatoms. The Morgan fingerprint density at radius 3 is 2.70 bits per heavy atom. The molecule has 1 heterocycles. The van der Waals surface area contributed by atoms with Crippen molar-refractivity contribution in [2.75, 3.05) is 26.2 Å². The highest BCUT2D eigenvalue weighted by atomic mass is 35.5. The number of quaternary nitrogens is 1. The molecular formula is C14H20Cl2NO3+. The van der Waals surface area contributed by atoms with Crippen LogP contribution in [0.3, 0.4) is 0 Å².